The maximum absolute atomic E-state index is 13.1. The maximum Gasteiger partial charge on any atom is 0.488 e. The van der Waals surface area contributed by atoms with Gasteiger partial charge < -0.3 is 28.0 Å². The number of halogens is 1. The molecular weight excluding hydrogens is 433 g/mol. The second kappa shape index (κ2) is 8.50. The summed E-state index contributed by atoms with van der Waals surface area (Å²) < 4.78 is 60.6. The summed E-state index contributed by atoms with van der Waals surface area (Å²) in [6, 6.07) is 7.20. The van der Waals surface area contributed by atoms with E-state index >= 15 is 0 Å². The third-order valence-electron chi connectivity index (χ3n) is 5.02. The highest BCUT2D eigenvalue weighted by Crippen LogP contribution is 2.49. The van der Waals surface area contributed by atoms with Gasteiger partial charge in [-0.25, -0.2) is 0 Å². The Kier molecular flexibility index (Phi) is 6.16. The topological polar surface area (TPSA) is 101 Å². The van der Waals surface area contributed by atoms with Crippen LogP contribution in [0.25, 0.3) is 0 Å². The summed E-state index contributed by atoms with van der Waals surface area (Å²) in [5.74, 6) is 0.217. The van der Waals surface area contributed by atoms with Crippen molar-refractivity contribution in [1.82, 2.24) is 0 Å². The summed E-state index contributed by atoms with van der Waals surface area (Å²) in [5.41, 5.74) is 1.01. The quantitative estimate of drug-likeness (QED) is 0.442. The minimum Gasteiger partial charge on any atom is -0.493 e. The van der Waals surface area contributed by atoms with Crippen molar-refractivity contribution in [3.63, 3.8) is 0 Å². The van der Waals surface area contributed by atoms with Crippen molar-refractivity contribution in [1.29, 1.82) is 0 Å². The number of carbonyl (C=O) groups is 1. The largest absolute Gasteiger partial charge is 0.493 e. The van der Waals surface area contributed by atoms with Gasteiger partial charge in [-0.05, 0) is 17.7 Å². The summed E-state index contributed by atoms with van der Waals surface area (Å²) in [6.45, 7) is 1.73. The molecular formula is C20H22FNO8S. The average Bonchev–Trinajstić information content (AvgIpc) is 2.74. The highest BCUT2D eigenvalue weighted by atomic mass is 32.3. The van der Waals surface area contributed by atoms with E-state index in [1.807, 2.05) is 0 Å². The van der Waals surface area contributed by atoms with Crippen molar-refractivity contribution < 1.29 is 40.2 Å². The molecule has 2 aromatic carbocycles. The van der Waals surface area contributed by atoms with Crippen molar-refractivity contribution in [2.45, 2.75) is 13.0 Å². The number of β-lactam (4-membered cyclic amide) rings is 1. The Bertz CT molecular complexity index is 1080. The molecule has 9 nitrogen and oxygen atoms in total. The number of amides is 1. The summed E-state index contributed by atoms with van der Waals surface area (Å²) in [5, 5.41) is 0. The first-order chi connectivity index (χ1) is 14.6. The Balaban J connectivity index is 2.07. The van der Waals surface area contributed by atoms with Crippen LogP contribution in [0, 0.1) is 5.92 Å². The first-order valence-electron chi connectivity index (χ1n) is 9.10. The Morgan fingerprint density at radius 3 is 1.94 bits per heavy atom. The van der Waals surface area contributed by atoms with Crippen LogP contribution in [0.15, 0.2) is 30.3 Å². The molecule has 0 N–H and O–H groups in total. The first-order valence-corrected chi connectivity index (χ1v) is 10.4. The van der Waals surface area contributed by atoms with Crippen LogP contribution < -0.4 is 28.0 Å². The summed E-state index contributed by atoms with van der Waals surface area (Å²) in [4.78, 5) is 14.2. The van der Waals surface area contributed by atoms with Crippen molar-refractivity contribution in [3.8, 4) is 28.7 Å². The second-order valence-electron chi connectivity index (χ2n) is 6.71. The van der Waals surface area contributed by atoms with Crippen LogP contribution in [0.3, 0.4) is 0 Å². The Labute approximate surface area is 179 Å². The molecule has 2 atom stereocenters. The van der Waals surface area contributed by atoms with Crippen molar-refractivity contribution >= 4 is 22.1 Å². The highest BCUT2D eigenvalue weighted by Gasteiger charge is 2.46. The molecule has 0 radical (unpaired) electrons. The predicted molar refractivity (Wildman–Crippen MR) is 109 cm³/mol. The van der Waals surface area contributed by atoms with E-state index in [1.54, 1.807) is 25.1 Å². The smallest absolute Gasteiger partial charge is 0.488 e. The van der Waals surface area contributed by atoms with E-state index < -0.39 is 22.5 Å². The second-order valence-corrected chi connectivity index (χ2v) is 7.66. The zero-order valence-corrected chi connectivity index (χ0v) is 18.4. The number of nitrogens with zero attached hydrogens (tertiary/aromatic N) is 1. The zero-order valence-electron chi connectivity index (χ0n) is 17.5. The van der Waals surface area contributed by atoms with E-state index in [4.69, 9.17) is 18.9 Å². The monoisotopic (exact) mass is 455 g/mol. The fourth-order valence-corrected chi connectivity index (χ4v) is 3.96. The summed E-state index contributed by atoms with van der Waals surface area (Å²) in [7, 11) is 0.425. The van der Waals surface area contributed by atoms with E-state index in [0.29, 0.717) is 28.5 Å². The van der Waals surface area contributed by atoms with Crippen LogP contribution in [-0.4, -0.2) is 42.8 Å². The highest BCUT2D eigenvalue weighted by molar-refractivity contribution is 7.81. The van der Waals surface area contributed by atoms with E-state index in [9.17, 15) is 17.1 Å². The molecule has 1 aliphatic heterocycles. The number of anilines is 1. The molecule has 1 aliphatic rings. The number of ether oxygens (including phenoxy) is 4. The van der Waals surface area contributed by atoms with E-state index in [2.05, 4.69) is 4.18 Å². The molecule has 31 heavy (non-hydrogen) atoms. The molecule has 2 aromatic rings. The molecule has 0 aliphatic carbocycles. The van der Waals surface area contributed by atoms with Crippen LogP contribution >= 0.6 is 0 Å². The van der Waals surface area contributed by atoms with E-state index in [-0.39, 0.29) is 17.4 Å². The van der Waals surface area contributed by atoms with Gasteiger partial charge in [0, 0.05) is 12.1 Å². The predicted octanol–water partition coefficient (Wildman–Crippen LogP) is 3.04. The molecule has 1 amide bonds. The van der Waals surface area contributed by atoms with Crippen LogP contribution in [0.5, 0.6) is 28.7 Å². The normalized spacial score (nSPS) is 18.3. The molecule has 168 valence electrons. The van der Waals surface area contributed by atoms with E-state index in [1.165, 1.54) is 45.5 Å². The minimum atomic E-state index is -5.26. The molecule has 0 unspecified atom stereocenters. The average molecular weight is 455 g/mol. The molecule has 0 bridgehead atoms. The molecule has 0 aromatic heterocycles. The standard InChI is InChI=1S/C20H22FNO8S/c1-11-18(12-6-7-14(26-2)15(8-12)30-31(21,24)25)22(20(11)23)13-9-16(27-3)19(29-5)17(10-13)28-4/h6-11,18H,1-5H3/t11-,18-/m1/s1. The number of hydrogen-bond acceptors (Lipinski definition) is 8. The van der Waals surface area contributed by atoms with Crippen LogP contribution in [0.2, 0.25) is 0 Å². The molecule has 11 heteroatoms. The van der Waals surface area contributed by atoms with Gasteiger partial charge in [-0.1, -0.05) is 16.9 Å². The molecule has 1 heterocycles. The zero-order chi connectivity index (χ0) is 22.9. The van der Waals surface area contributed by atoms with Gasteiger partial charge in [-0.15, -0.1) is 0 Å². The van der Waals surface area contributed by atoms with Gasteiger partial charge in [-0.3, -0.25) is 4.79 Å². The van der Waals surface area contributed by atoms with E-state index in [0.717, 1.165) is 0 Å². The Morgan fingerprint density at radius 1 is 0.871 bits per heavy atom. The lowest BCUT2D eigenvalue weighted by Crippen LogP contribution is -2.54. The Hall–Kier alpha value is -3.21. The number of benzene rings is 2. The molecule has 3 rings (SSSR count). The van der Waals surface area contributed by atoms with Crippen LogP contribution in [-0.2, 0) is 15.3 Å². The third kappa shape index (κ3) is 4.18. The fourth-order valence-electron chi connectivity index (χ4n) is 3.61. The number of methoxy groups -OCH3 is 4. The molecule has 0 spiro atoms. The number of rotatable bonds is 8. The van der Waals surface area contributed by atoms with Gasteiger partial charge in [0.15, 0.2) is 23.0 Å². The lowest BCUT2D eigenvalue weighted by atomic mass is 9.83. The fraction of sp³-hybridized carbons (Fsp3) is 0.350. The van der Waals surface area contributed by atoms with Gasteiger partial charge >= 0.3 is 10.5 Å². The van der Waals surface area contributed by atoms with Gasteiger partial charge in [0.25, 0.3) is 0 Å². The lowest BCUT2D eigenvalue weighted by molar-refractivity contribution is -0.129. The van der Waals surface area contributed by atoms with Crippen molar-refractivity contribution in [3.05, 3.63) is 35.9 Å². The number of hydrogen-bond donors (Lipinski definition) is 0. The SMILES string of the molecule is COc1ccc([C@H]2[C@@H](C)C(=O)N2c2cc(OC)c(OC)c(OC)c2)cc1OS(=O)(=O)F. The van der Waals surface area contributed by atoms with Gasteiger partial charge in [0.1, 0.15) is 0 Å². The van der Waals surface area contributed by atoms with Gasteiger partial charge in [0.2, 0.25) is 11.7 Å². The molecule has 0 saturated carbocycles. The van der Waals surface area contributed by atoms with Crippen molar-refractivity contribution in [2.75, 3.05) is 33.3 Å². The van der Waals surface area contributed by atoms with Gasteiger partial charge in [-0.2, -0.15) is 8.42 Å². The van der Waals surface area contributed by atoms with Gasteiger partial charge in [0.05, 0.1) is 46.1 Å². The third-order valence-corrected chi connectivity index (χ3v) is 5.40. The molecule has 1 fully saturated rings. The maximum atomic E-state index is 13.1. The van der Waals surface area contributed by atoms with Crippen molar-refractivity contribution in [2.24, 2.45) is 5.92 Å². The summed E-state index contributed by atoms with van der Waals surface area (Å²) >= 11 is 0. The first kappa shape index (κ1) is 22.5. The number of carbonyl (C=O) groups excluding carboxylic acids is 1. The Morgan fingerprint density at radius 2 is 1.45 bits per heavy atom. The molecule has 1 saturated heterocycles. The minimum absolute atomic E-state index is 0.0302. The lowest BCUT2D eigenvalue weighted by Gasteiger charge is -2.46. The van der Waals surface area contributed by atoms with Crippen LogP contribution in [0.4, 0.5) is 9.57 Å². The van der Waals surface area contributed by atoms with Crippen LogP contribution in [0.1, 0.15) is 18.5 Å². The summed E-state index contributed by atoms with van der Waals surface area (Å²) in [6.07, 6.45) is 0.